The first-order chi connectivity index (χ1) is 4.56. The summed E-state index contributed by atoms with van der Waals surface area (Å²) in [5.74, 6) is 1.05. The van der Waals surface area contributed by atoms with E-state index in [2.05, 4.69) is 20.8 Å². The fourth-order valence-electron chi connectivity index (χ4n) is 3.11. The van der Waals surface area contributed by atoms with Gasteiger partial charge in [-0.25, -0.2) is 0 Å². The minimum atomic E-state index is 0. The molecule has 66 valence electrons. The number of fused-ring (bicyclic) bond motifs is 2. The lowest BCUT2D eigenvalue weighted by molar-refractivity contribution is 0.152. The third kappa shape index (κ3) is 1.06. The van der Waals surface area contributed by atoms with E-state index in [1.54, 1.807) is 0 Å². The van der Waals surface area contributed by atoms with Gasteiger partial charge >= 0.3 is 0 Å². The number of hydrogen-bond donors (Lipinski definition) is 0. The van der Waals surface area contributed by atoms with Gasteiger partial charge in [0.1, 0.15) is 0 Å². The van der Waals surface area contributed by atoms with Gasteiger partial charge in [0.25, 0.3) is 0 Å². The first-order valence-corrected chi connectivity index (χ1v) is 4.56. The van der Waals surface area contributed by atoms with Crippen LogP contribution in [0.25, 0.3) is 0 Å². The third-order valence-electron chi connectivity index (χ3n) is 4.67. The van der Waals surface area contributed by atoms with Crippen LogP contribution in [0.5, 0.6) is 0 Å². The van der Waals surface area contributed by atoms with Gasteiger partial charge < -0.3 is 0 Å². The monoisotopic (exact) mass is 266 g/mol. The summed E-state index contributed by atoms with van der Waals surface area (Å²) in [5.41, 5.74) is 1.37. The van der Waals surface area contributed by atoms with Crippen LogP contribution < -0.4 is 0 Å². The fourth-order valence-corrected chi connectivity index (χ4v) is 3.11. The van der Waals surface area contributed by atoms with Crippen LogP contribution in [-0.4, -0.2) is 0 Å². The van der Waals surface area contributed by atoms with E-state index in [0.717, 1.165) is 5.92 Å². The summed E-state index contributed by atoms with van der Waals surface area (Å²) < 4.78 is 0. The van der Waals surface area contributed by atoms with Gasteiger partial charge in [-0.3, -0.25) is 0 Å². The predicted molar refractivity (Wildman–Crippen MR) is 59.3 cm³/mol. The van der Waals surface area contributed by atoms with Crippen molar-refractivity contribution in [1.29, 1.82) is 0 Å². The molecule has 0 aliphatic heterocycles. The predicted octanol–water partition coefficient (Wildman–Crippen LogP) is 3.84. The molecule has 0 aromatic carbocycles. The van der Waals surface area contributed by atoms with Crippen molar-refractivity contribution in [3.63, 3.8) is 0 Å². The number of rotatable bonds is 0. The van der Waals surface area contributed by atoms with Crippen LogP contribution >= 0.6 is 24.0 Å². The lowest BCUT2D eigenvalue weighted by Crippen LogP contribution is -2.26. The highest BCUT2D eigenvalue weighted by Crippen LogP contribution is 2.65. The van der Waals surface area contributed by atoms with Gasteiger partial charge in [-0.1, -0.05) is 20.8 Å². The molecule has 0 N–H and O–H groups in total. The maximum atomic E-state index is 2.49. The Kier molecular flexibility index (Phi) is 2.33. The lowest BCUT2D eigenvalue weighted by atomic mass is 9.71. The van der Waals surface area contributed by atoms with Gasteiger partial charge in [0, 0.05) is 0 Å². The molecule has 0 aromatic heterocycles. The summed E-state index contributed by atoms with van der Waals surface area (Å²) in [6.45, 7) is 7.43. The van der Waals surface area contributed by atoms with Crippen molar-refractivity contribution in [1.82, 2.24) is 0 Å². The molecule has 0 aromatic rings. The van der Waals surface area contributed by atoms with E-state index in [1.165, 1.54) is 25.7 Å². The van der Waals surface area contributed by atoms with Gasteiger partial charge in [0.05, 0.1) is 0 Å². The van der Waals surface area contributed by atoms with Crippen LogP contribution in [-0.2, 0) is 0 Å². The van der Waals surface area contributed by atoms with Crippen molar-refractivity contribution >= 4 is 24.0 Å². The second-order valence-corrected chi connectivity index (χ2v) is 5.06. The average molecular weight is 266 g/mol. The van der Waals surface area contributed by atoms with Crippen molar-refractivity contribution < 1.29 is 0 Å². The molecule has 0 radical (unpaired) electrons. The molecule has 0 spiro atoms. The Labute approximate surface area is 87.2 Å². The summed E-state index contributed by atoms with van der Waals surface area (Å²) in [7, 11) is 0. The molecule has 0 heterocycles. The van der Waals surface area contributed by atoms with Crippen LogP contribution in [0.2, 0.25) is 0 Å². The van der Waals surface area contributed by atoms with Crippen LogP contribution in [0.3, 0.4) is 0 Å². The van der Waals surface area contributed by atoms with Gasteiger partial charge in [-0.05, 0) is 42.4 Å². The molecular weight excluding hydrogens is 247 g/mol. The smallest absolute Gasteiger partial charge is 0.0272 e. The van der Waals surface area contributed by atoms with Crippen molar-refractivity contribution in [2.45, 2.75) is 46.5 Å². The van der Waals surface area contributed by atoms with E-state index in [4.69, 9.17) is 0 Å². The second kappa shape index (κ2) is 2.61. The molecule has 1 heteroatoms. The zero-order valence-corrected chi connectivity index (χ0v) is 10.1. The Morgan fingerprint density at radius 3 is 1.55 bits per heavy atom. The van der Waals surface area contributed by atoms with E-state index < -0.39 is 0 Å². The van der Waals surface area contributed by atoms with Gasteiger partial charge in [-0.2, -0.15) is 0 Å². The average Bonchev–Trinajstić information content (AvgIpc) is 2.18. The molecule has 0 amide bonds. The number of hydrogen-bond acceptors (Lipinski definition) is 0. The summed E-state index contributed by atoms with van der Waals surface area (Å²) >= 11 is 0. The van der Waals surface area contributed by atoms with E-state index in [0.29, 0.717) is 10.8 Å². The molecule has 2 aliphatic rings. The quantitative estimate of drug-likeness (QED) is 0.584. The van der Waals surface area contributed by atoms with Gasteiger partial charge in [0.2, 0.25) is 0 Å². The van der Waals surface area contributed by atoms with Crippen LogP contribution in [0.4, 0.5) is 0 Å². The van der Waals surface area contributed by atoms with Gasteiger partial charge in [0.15, 0.2) is 0 Å². The highest BCUT2D eigenvalue weighted by atomic mass is 127. The number of halogens is 1. The molecular formula is C10H19I. The molecule has 0 atom stereocenters. The van der Waals surface area contributed by atoms with Crippen LogP contribution in [0, 0.1) is 16.7 Å². The summed E-state index contributed by atoms with van der Waals surface area (Å²) in [6.07, 6.45) is 5.99. The zero-order valence-electron chi connectivity index (χ0n) is 7.81. The molecule has 0 saturated heterocycles. The van der Waals surface area contributed by atoms with Crippen molar-refractivity contribution in [2.24, 2.45) is 16.7 Å². The van der Waals surface area contributed by atoms with Crippen molar-refractivity contribution in [2.75, 3.05) is 0 Å². The maximum absolute atomic E-state index is 2.49. The molecule has 2 aliphatic carbocycles. The molecule has 2 rings (SSSR count). The first-order valence-electron chi connectivity index (χ1n) is 4.56. The van der Waals surface area contributed by atoms with Crippen LogP contribution in [0.15, 0.2) is 0 Å². The van der Waals surface area contributed by atoms with Crippen molar-refractivity contribution in [3.05, 3.63) is 0 Å². The Balaban J connectivity index is 0.000000605. The molecule has 11 heavy (non-hydrogen) atoms. The molecule has 0 nitrogen and oxygen atoms in total. The topological polar surface area (TPSA) is 0 Å². The van der Waals surface area contributed by atoms with Crippen molar-refractivity contribution in [3.8, 4) is 0 Å². The minimum Gasteiger partial charge on any atom is -0.107 e. The first kappa shape index (κ1) is 9.82. The molecule has 2 saturated carbocycles. The second-order valence-electron chi connectivity index (χ2n) is 5.06. The standard InChI is InChI=1S/C10H18.HI/c1-9(2)8-4-6-10(9,3)7-5-8;/h8H,4-7H2,1-3H3;1H. The summed E-state index contributed by atoms with van der Waals surface area (Å²) in [4.78, 5) is 0. The minimum absolute atomic E-state index is 0. The SMILES string of the molecule is CC12CCC(CC1)C2(C)C.I. The largest absolute Gasteiger partial charge is 0.107 e. The van der Waals surface area contributed by atoms with E-state index in [-0.39, 0.29) is 24.0 Å². The Hall–Kier alpha value is 0.730. The maximum Gasteiger partial charge on any atom is -0.0272 e. The Morgan fingerprint density at radius 2 is 1.45 bits per heavy atom. The third-order valence-corrected chi connectivity index (χ3v) is 4.67. The molecule has 0 unspecified atom stereocenters. The fraction of sp³-hybridized carbons (Fsp3) is 1.00. The lowest BCUT2D eigenvalue weighted by Gasteiger charge is -2.34. The molecule has 2 fully saturated rings. The highest BCUT2D eigenvalue weighted by molar-refractivity contribution is 14.0. The van der Waals surface area contributed by atoms with E-state index in [1.807, 2.05) is 0 Å². The summed E-state index contributed by atoms with van der Waals surface area (Å²) in [6, 6.07) is 0. The van der Waals surface area contributed by atoms with Crippen LogP contribution in [0.1, 0.15) is 46.5 Å². The molecule has 2 bridgehead atoms. The van der Waals surface area contributed by atoms with E-state index >= 15 is 0 Å². The normalized spacial score (nSPS) is 45.5. The Bertz CT molecular complexity index is 150. The van der Waals surface area contributed by atoms with Gasteiger partial charge in [-0.15, -0.1) is 24.0 Å². The van der Waals surface area contributed by atoms with E-state index in [9.17, 15) is 0 Å². The highest BCUT2D eigenvalue weighted by Gasteiger charge is 2.55. The zero-order chi connectivity index (χ0) is 7.41. The summed E-state index contributed by atoms with van der Waals surface area (Å²) in [5, 5.41) is 0. The Morgan fingerprint density at radius 1 is 1.00 bits per heavy atom.